The number of guanidine groups is 1. The summed E-state index contributed by atoms with van der Waals surface area (Å²) in [5.41, 5.74) is 5.14. The second-order valence-corrected chi connectivity index (χ2v) is 6.72. The monoisotopic (exact) mass is 375 g/mol. The van der Waals surface area contributed by atoms with E-state index in [-0.39, 0.29) is 0 Å². The van der Waals surface area contributed by atoms with Crippen molar-refractivity contribution in [3.05, 3.63) is 89.5 Å². The first-order valence-electron chi connectivity index (χ1n) is 9.91. The summed E-state index contributed by atoms with van der Waals surface area (Å²) in [6, 6.07) is 17.1. The van der Waals surface area contributed by atoms with Gasteiger partial charge in [-0.2, -0.15) is 0 Å². The molecule has 0 saturated carbocycles. The maximum Gasteiger partial charge on any atom is 0.191 e. The lowest BCUT2D eigenvalue weighted by molar-refractivity contribution is 0.795. The van der Waals surface area contributed by atoms with Crippen LogP contribution in [0.4, 0.5) is 0 Å². The fraction of sp³-hybridized carbons (Fsp3) is 0.304. The van der Waals surface area contributed by atoms with Crippen LogP contribution in [0.15, 0.2) is 72.2 Å². The van der Waals surface area contributed by atoms with Crippen LogP contribution >= 0.6 is 0 Å². The number of aliphatic imine (C=N–C) groups is 1. The smallest absolute Gasteiger partial charge is 0.191 e. The predicted octanol–water partition coefficient (Wildman–Crippen LogP) is 3.75. The summed E-state index contributed by atoms with van der Waals surface area (Å²) in [5.74, 6) is 0.843. The van der Waals surface area contributed by atoms with Crippen LogP contribution in [-0.4, -0.2) is 22.1 Å². The van der Waals surface area contributed by atoms with Gasteiger partial charge in [0.1, 0.15) is 0 Å². The summed E-state index contributed by atoms with van der Waals surface area (Å²) in [6.45, 7) is 7.38. The topological polar surface area (TPSA) is 54.2 Å². The molecule has 0 aliphatic rings. The molecule has 0 aliphatic heterocycles. The highest BCUT2D eigenvalue weighted by atomic mass is 15.2. The summed E-state index contributed by atoms with van der Waals surface area (Å²) in [5, 5.41) is 6.78. The Labute approximate surface area is 167 Å². The molecule has 0 saturated heterocycles. The van der Waals surface area contributed by atoms with Gasteiger partial charge in [-0.15, -0.1) is 0 Å². The third-order valence-corrected chi connectivity index (χ3v) is 4.66. The van der Waals surface area contributed by atoms with Crippen LogP contribution in [0.1, 0.15) is 36.1 Å². The van der Waals surface area contributed by atoms with Gasteiger partial charge in [0.2, 0.25) is 0 Å². The lowest BCUT2D eigenvalue weighted by Gasteiger charge is -2.13. The Bertz CT molecular complexity index is 866. The summed E-state index contributed by atoms with van der Waals surface area (Å²) >= 11 is 0. The van der Waals surface area contributed by atoms with Crippen molar-refractivity contribution in [1.29, 1.82) is 0 Å². The van der Waals surface area contributed by atoms with Crippen molar-refractivity contribution in [2.45, 2.75) is 39.9 Å². The highest BCUT2D eigenvalue weighted by Gasteiger charge is 2.02. The molecule has 0 bridgehead atoms. The van der Waals surface area contributed by atoms with Gasteiger partial charge >= 0.3 is 0 Å². The average Bonchev–Trinajstić information content (AvgIpc) is 3.24. The molecule has 1 aromatic heterocycles. The third-order valence-electron chi connectivity index (χ3n) is 4.66. The van der Waals surface area contributed by atoms with Gasteiger partial charge in [0.25, 0.3) is 0 Å². The van der Waals surface area contributed by atoms with Gasteiger partial charge in [-0.25, -0.2) is 9.98 Å². The quantitative estimate of drug-likeness (QED) is 0.466. The van der Waals surface area contributed by atoms with Gasteiger partial charge in [-0.1, -0.05) is 55.5 Å². The Morgan fingerprint density at radius 2 is 1.71 bits per heavy atom. The Morgan fingerprint density at radius 3 is 2.39 bits per heavy atom. The summed E-state index contributed by atoms with van der Waals surface area (Å²) < 4.78 is 2.06. The van der Waals surface area contributed by atoms with Crippen LogP contribution in [-0.2, 0) is 26.1 Å². The number of hydrogen-bond acceptors (Lipinski definition) is 2. The molecular formula is C23H29N5. The Balaban J connectivity index is 1.59. The molecule has 0 aliphatic carbocycles. The molecule has 146 valence electrons. The summed E-state index contributed by atoms with van der Waals surface area (Å²) in [4.78, 5) is 8.82. The molecule has 0 radical (unpaired) electrons. The molecule has 3 aromatic rings. The first kappa shape index (κ1) is 19.7. The highest BCUT2D eigenvalue weighted by Crippen LogP contribution is 2.10. The fourth-order valence-corrected chi connectivity index (χ4v) is 3.11. The van der Waals surface area contributed by atoms with Crippen LogP contribution in [0.3, 0.4) is 0 Å². The van der Waals surface area contributed by atoms with Gasteiger partial charge in [0.15, 0.2) is 5.96 Å². The first-order valence-corrected chi connectivity index (χ1v) is 9.91. The third kappa shape index (κ3) is 5.71. The number of rotatable bonds is 8. The van der Waals surface area contributed by atoms with Crippen LogP contribution in [0.2, 0.25) is 0 Å². The molecule has 2 aromatic carbocycles. The maximum atomic E-state index is 4.74. The zero-order valence-electron chi connectivity index (χ0n) is 16.7. The minimum atomic E-state index is 0.649. The normalized spacial score (nSPS) is 11.4. The number of imidazole rings is 1. The van der Waals surface area contributed by atoms with Crippen molar-refractivity contribution in [3.8, 4) is 0 Å². The largest absolute Gasteiger partial charge is 0.357 e. The van der Waals surface area contributed by atoms with Gasteiger partial charge in [0, 0.05) is 32.0 Å². The zero-order chi connectivity index (χ0) is 19.6. The lowest BCUT2D eigenvalue weighted by atomic mass is 10.1. The molecule has 5 nitrogen and oxygen atoms in total. The Hall–Kier alpha value is -3.08. The number of nitrogens with zero attached hydrogens (tertiary/aromatic N) is 3. The van der Waals surface area contributed by atoms with E-state index in [0.29, 0.717) is 6.54 Å². The SMILES string of the molecule is CCNC(=NCc1ccc(Cn2ccnc2)cc1)NCc1ccccc1CC. The van der Waals surface area contributed by atoms with Crippen molar-refractivity contribution in [2.24, 2.45) is 4.99 Å². The van der Waals surface area contributed by atoms with E-state index in [9.17, 15) is 0 Å². The minimum absolute atomic E-state index is 0.649. The van der Waals surface area contributed by atoms with E-state index in [0.717, 1.165) is 32.0 Å². The molecule has 0 fully saturated rings. The van der Waals surface area contributed by atoms with E-state index >= 15 is 0 Å². The lowest BCUT2D eigenvalue weighted by Crippen LogP contribution is -2.37. The highest BCUT2D eigenvalue weighted by molar-refractivity contribution is 5.79. The minimum Gasteiger partial charge on any atom is -0.357 e. The number of hydrogen-bond donors (Lipinski definition) is 2. The Kier molecular flexibility index (Phi) is 7.24. The second-order valence-electron chi connectivity index (χ2n) is 6.72. The van der Waals surface area contributed by atoms with Crippen LogP contribution in [0, 0.1) is 0 Å². The number of nitrogens with one attached hydrogen (secondary N) is 2. The molecule has 2 N–H and O–H groups in total. The molecule has 3 rings (SSSR count). The average molecular weight is 376 g/mol. The van der Waals surface area contributed by atoms with Crippen molar-refractivity contribution < 1.29 is 0 Å². The zero-order valence-corrected chi connectivity index (χ0v) is 16.7. The first-order chi connectivity index (χ1) is 13.8. The number of benzene rings is 2. The number of aryl methyl sites for hydroxylation is 1. The van der Waals surface area contributed by atoms with Crippen molar-refractivity contribution >= 4 is 5.96 Å². The van der Waals surface area contributed by atoms with Crippen LogP contribution in [0.5, 0.6) is 0 Å². The van der Waals surface area contributed by atoms with Gasteiger partial charge in [-0.05, 0) is 35.6 Å². The molecular weight excluding hydrogens is 346 g/mol. The molecule has 1 heterocycles. The molecule has 0 atom stereocenters. The van der Waals surface area contributed by atoms with Gasteiger partial charge in [0.05, 0.1) is 12.9 Å². The van der Waals surface area contributed by atoms with Gasteiger partial charge in [-0.3, -0.25) is 0 Å². The number of aromatic nitrogens is 2. The van der Waals surface area contributed by atoms with Crippen molar-refractivity contribution in [3.63, 3.8) is 0 Å². The second kappa shape index (κ2) is 10.3. The van der Waals surface area contributed by atoms with E-state index in [1.807, 2.05) is 12.5 Å². The van der Waals surface area contributed by atoms with E-state index in [2.05, 4.69) is 82.6 Å². The van der Waals surface area contributed by atoms with Crippen LogP contribution < -0.4 is 10.6 Å². The molecule has 0 amide bonds. The van der Waals surface area contributed by atoms with Crippen molar-refractivity contribution in [1.82, 2.24) is 20.2 Å². The van der Waals surface area contributed by atoms with Gasteiger partial charge < -0.3 is 15.2 Å². The summed E-state index contributed by atoms with van der Waals surface area (Å²) in [7, 11) is 0. The Morgan fingerprint density at radius 1 is 0.964 bits per heavy atom. The van der Waals surface area contributed by atoms with E-state index in [4.69, 9.17) is 4.99 Å². The van der Waals surface area contributed by atoms with E-state index in [1.54, 1.807) is 6.20 Å². The molecule has 0 unspecified atom stereocenters. The van der Waals surface area contributed by atoms with Crippen LogP contribution in [0.25, 0.3) is 0 Å². The molecule has 5 heteroatoms. The standard InChI is InChI=1S/C23H29N5/c1-3-21-7-5-6-8-22(21)16-27-23(25-4-2)26-15-19-9-11-20(12-10-19)17-28-14-13-24-18-28/h5-14,18H,3-4,15-17H2,1-2H3,(H2,25,26,27). The maximum absolute atomic E-state index is 4.74. The van der Waals surface area contributed by atoms with E-state index in [1.165, 1.54) is 22.3 Å². The predicted molar refractivity (Wildman–Crippen MR) is 115 cm³/mol. The molecule has 28 heavy (non-hydrogen) atoms. The fourth-order valence-electron chi connectivity index (χ4n) is 3.11. The van der Waals surface area contributed by atoms with E-state index < -0.39 is 0 Å². The molecule has 0 spiro atoms. The summed E-state index contributed by atoms with van der Waals surface area (Å²) in [6.07, 6.45) is 6.65. The van der Waals surface area contributed by atoms with Crippen molar-refractivity contribution in [2.75, 3.05) is 6.54 Å².